The van der Waals surface area contributed by atoms with Crippen LogP contribution < -0.4 is 5.32 Å². The summed E-state index contributed by atoms with van der Waals surface area (Å²) in [6, 6.07) is 0.932. The first kappa shape index (κ1) is 8.15. The Bertz CT molecular complexity index is 281. The minimum Gasteiger partial charge on any atom is -0.313 e. The molecule has 0 aromatic heterocycles. The van der Waals surface area contributed by atoms with Crippen LogP contribution in [0.2, 0.25) is 0 Å². The van der Waals surface area contributed by atoms with Gasteiger partial charge in [0, 0.05) is 6.04 Å². The van der Waals surface area contributed by atoms with Gasteiger partial charge >= 0.3 is 0 Å². The van der Waals surface area contributed by atoms with Gasteiger partial charge in [-0.25, -0.2) is 0 Å². The molecular formula is C13H21N. The molecule has 4 aliphatic rings. The molecule has 1 heterocycles. The van der Waals surface area contributed by atoms with Gasteiger partial charge in [-0.3, -0.25) is 0 Å². The van der Waals surface area contributed by atoms with Crippen LogP contribution in [-0.4, -0.2) is 12.6 Å². The van der Waals surface area contributed by atoms with E-state index in [9.17, 15) is 0 Å². The fourth-order valence-corrected chi connectivity index (χ4v) is 5.60. The van der Waals surface area contributed by atoms with Crippen LogP contribution in [0.5, 0.6) is 0 Å². The molecule has 4 atom stereocenters. The van der Waals surface area contributed by atoms with Gasteiger partial charge in [0.1, 0.15) is 0 Å². The van der Waals surface area contributed by atoms with Crippen molar-refractivity contribution in [1.29, 1.82) is 0 Å². The van der Waals surface area contributed by atoms with Crippen LogP contribution >= 0.6 is 0 Å². The van der Waals surface area contributed by atoms with Gasteiger partial charge in [0.05, 0.1) is 0 Å². The largest absolute Gasteiger partial charge is 0.313 e. The lowest BCUT2D eigenvalue weighted by Gasteiger charge is -2.40. The lowest BCUT2D eigenvalue weighted by Crippen LogP contribution is -2.44. The lowest BCUT2D eigenvalue weighted by molar-refractivity contribution is 0.102. The second kappa shape index (κ2) is 2.21. The normalized spacial score (nSPS) is 56.8. The molecule has 0 aromatic carbocycles. The van der Waals surface area contributed by atoms with Gasteiger partial charge in [0.15, 0.2) is 0 Å². The molecule has 3 aliphatic carbocycles. The highest BCUT2D eigenvalue weighted by atomic mass is 15.0. The summed E-state index contributed by atoms with van der Waals surface area (Å²) in [5.74, 6) is 2.09. The number of nitrogens with one attached hydrogen (secondary N) is 1. The maximum Gasteiger partial charge on any atom is 0.0157 e. The first-order valence-electron chi connectivity index (χ1n) is 6.53. The van der Waals surface area contributed by atoms with E-state index in [2.05, 4.69) is 12.2 Å². The predicted octanol–water partition coefficient (Wildman–Crippen LogP) is 2.56. The van der Waals surface area contributed by atoms with Gasteiger partial charge in [-0.15, -0.1) is 0 Å². The Hall–Kier alpha value is -0.0400. The number of fused-ring (bicyclic) bond motifs is 4. The van der Waals surface area contributed by atoms with E-state index in [1.807, 2.05) is 0 Å². The lowest BCUT2D eigenvalue weighted by atomic mass is 9.65. The average molecular weight is 191 g/mol. The van der Waals surface area contributed by atoms with Crippen molar-refractivity contribution < 1.29 is 0 Å². The molecule has 1 aliphatic heterocycles. The summed E-state index contributed by atoms with van der Waals surface area (Å²) in [5.41, 5.74) is 1.58. The van der Waals surface area contributed by atoms with Crippen molar-refractivity contribution in [1.82, 2.24) is 5.32 Å². The minimum atomic E-state index is 0.786. The molecule has 78 valence electrons. The fraction of sp³-hybridized carbons (Fsp3) is 1.00. The van der Waals surface area contributed by atoms with Crippen molar-refractivity contribution in [3.63, 3.8) is 0 Å². The molecule has 1 spiro atoms. The average Bonchev–Trinajstić information content (AvgIpc) is 2.96. The monoisotopic (exact) mass is 191 g/mol. The molecule has 1 saturated heterocycles. The maximum atomic E-state index is 3.88. The van der Waals surface area contributed by atoms with Crippen LogP contribution in [0.1, 0.15) is 45.4 Å². The molecule has 4 rings (SSSR count). The van der Waals surface area contributed by atoms with Crippen LogP contribution in [-0.2, 0) is 0 Å². The zero-order chi connectivity index (χ0) is 9.39. The van der Waals surface area contributed by atoms with Crippen LogP contribution in [0.15, 0.2) is 0 Å². The Morgan fingerprint density at radius 3 is 2.86 bits per heavy atom. The van der Waals surface area contributed by atoms with Crippen molar-refractivity contribution in [2.45, 2.75) is 51.5 Å². The molecule has 0 radical (unpaired) electrons. The van der Waals surface area contributed by atoms with Crippen LogP contribution in [0, 0.1) is 22.7 Å². The van der Waals surface area contributed by atoms with Gasteiger partial charge < -0.3 is 5.32 Å². The first-order valence-corrected chi connectivity index (χ1v) is 6.53. The van der Waals surface area contributed by atoms with Crippen LogP contribution in [0.4, 0.5) is 0 Å². The van der Waals surface area contributed by atoms with Crippen molar-refractivity contribution in [2.24, 2.45) is 22.7 Å². The third kappa shape index (κ3) is 0.680. The Kier molecular flexibility index (Phi) is 1.29. The number of hydrogen-bond donors (Lipinski definition) is 1. The topological polar surface area (TPSA) is 12.0 Å². The summed E-state index contributed by atoms with van der Waals surface area (Å²) in [6.45, 7) is 3.79. The summed E-state index contributed by atoms with van der Waals surface area (Å²) in [7, 11) is 0. The van der Waals surface area contributed by atoms with Crippen molar-refractivity contribution in [3.8, 4) is 0 Å². The highest BCUT2D eigenvalue weighted by Crippen LogP contribution is 2.75. The van der Waals surface area contributed by atoms with E-state index >= 15 is 0 Å². The number of rotatable bonds is 1. The van der Waals surface area contributed by atoms with Crippen molar-refractivity contribution >= 4 is 0 Å². The van der Waals surface area contributed by atoms with Gasteiger partial charge in [-0.2, -0.15) is 0 Å². The van der Waals surface area contributed by atoms with Gasteiger partial charge in [-0.05, 0) is 67.7 Å². The highest BCUT2D eigenvalue weighted by molar-refractivity contribution is 5.23. The standard InChI is InChI=1S/C13H21N/c1-2-12-6-9-5-10(7-12)11(14-8-9)13(12)3-4-13/h9-11,14H,2-8H2,1H3/t9?,10-,11?,12+/m0/s1. The Morgan fingerprint density at radius 2 is 2.14 bits per heavy atom. The SMILES string of the molecule is CC[C@@]12CC3CNC([C@@H](C3)C1)C21CC1. The molecule has 1 N–H and O–H groups in total. The van der Waals surface area contributed by atoms with E-state index in [0.29, 0.717) is 0 Å². The smallest absolute Gasteiger partial charge is 0.0157 e. The van der Waals surface area contributed by atoms with Gasteiger partial charge in [-0.1, -0.05) is 6.92 Å². The molecule has 1 nitrogen and oxygen atoms in total. The Balaban J connectivity index is 1.85. The maximum absolute atomic E-state index is 3.88. The molecule has 1 heteroatoms. The zero-order valence-electron chi connectivity index (χ0n) is 9.18. The number of piperidine rings is 1. The molecule has 3 bridgehead atoms. The van der Waals surface area contributed by atoms with Crippen LogP contribution in [0.3, 0.4) is 0 Å². The number of hydrogen-bond acceptors (Lipinski definition) is 1. The predicted molar refractivity (Wildman–Crippen MR) is 57.0 cm³/mol. The molecule has 0 aromatic rings. The first-order chi connectivity index (χ1) is 6.80. The minimum absolute atomic E-state index is 0.786. The Morgan fingerprint density at radius 1 is 1.29 bits per heavy atom. The third-order valence-corrected chi connectivity index (χ3v) is 6.18. The quantitative estimate of drug-likeness (QED) is 0.671. The highest BCUT2D eigenvalue weighted by Gasteiger charge is 2.71. The van der Waals surface area contributed by atoms with Crippen LogP contribution in [0.25, 0.3) is 0 Å². The summed E-state index contributed by atoms with van der Waals surface area (Å²) in [5, 5.41) is 3.88. The van der Waals surface area contributed by atoms with E-state index in [-0.39, 0.29) is 0 Å². The second-order valence-electron chi connectivity index (χ2n) is 6.45. The Labute approximate surface area is 86.6 Å². The van der Waals surface area contributed by atoms with Gasteiger partial charge in [0.2, 0.25) is 0 Å². The van der Waals surface area contributed by atoms with E-state index < -0.39 is 0 Å². The van der Waals surface area contributed by atoms with E-state index in [4.69, 9.17) is 0 Å². The summed E-state index contributed by atoms with van der Waals surface area (Å²) < 4.78 is 0. The van der Waals surface area contributed by atoms with Crippen molar-refractivity contribution in [2.75, 3.05) is 6.54 Å². The molecule has 4 fully saturated rings. The molecule has 2 unspecified atom stereocenters. The van der Waals surface area contributed by atoms with Gasteiger partial charge in [0.25, 0.3) is 0 Å². The fourth-order valence-electron chi connectivity index (χ4n) is 5.60. The second-order valence-corrected chi connectivity index (χ2v) is 6.45. The van der Waals surface area contributed by atoms with E-state index in [1.165, 1.54) is 13.0 Å². The zero-order valence-corrected chi connectivity index (χ0v) is 9.18. The molecular weight excluding hydrogens is 170 g/mol. The molecule has 3 saturated carbocycles. The molecule has 14 heavy (non-hydrogen) atoms. The molecule has 0 amide bonds. The van der Waals surface area contributed by atoms with E-state index in [0.717, 1.165) is 28.7 Å². The third-order valence-electron chi connectivity index (χ3n) is 6.18. The van der Waals surface area contributed by atoms with Crippen molar-refractivity contribution in [3.05, 3.63) is 0 Å². The summed E-state index contributed by atoms with van der Waals surface area (Å²) >= 11 is 0. The van der Waals surface area contributed by atoms with E-state index in [1.54, 1.807) is 32.1 Å². The summed E-state index contributed by atoms with van der Waals surface area (Å²) in [4.78, 5) is 0. The summed E-state index contributed by atoms with van der Waals surface area (Å²) in [6.07, 6.45) is 9.23.